The molecule has 1 unspecified atom stereocenters. The minimum atomic E-state index is 0.0519. The van der Waals surface area contributed by atoms with Gasteiger partial charge in [0.25, 0.3) is 0 Å². The van der Waals surface area contributed by atoms with Crippen molar-refractivity contribution in [1.82, 2.24) is 4.90 Å². The predicted octanol–water partition coefficient (Wildman–Crippen LogP) is 1.44. The molecule has 3 heteroatoms. The van der Waals surface area contributed by atoms with Crippen LogP contribution in [-0.2, 0) is 0 Å². The topological polar surface area (TPSA) is 23.5 Å². The van der Waals surface area contributed by atoms with Crippen LogP contribution in [0, 0.1) is 5.41 Å². The summed E-state index contributed by atoms with van der Waals surface area (Å²) in [4.78, 5) is 2.49. The summed E-state index contributed by atoms with van der Waals surface area (Å²) in [5, 5.41) is 9.18. The van der Waals surface area contributed by atoms with E-state index in [1.54, 1.807) is 0 Å². The van der Waals surface area contributed by atoms with E-state index in [0.29, 0.717) is 6.04 Å². The quantitative estimate of drug-likeness (QED) is 0.751. The Balaban J connectivity index is 2.42. The Kier molecular flexibility index (Phi) is 4.07. The van der Waals surface area contributed by atoms with E-state index in [0.717, 1.165) is 6.54 Å². The molecule has 78 valence electrons. The van der Waals surface area contributed by atoms with Crippen LogP contribution in [0.1, 0.15) is 20.8 Å². The molecule has 0 aliphatic carbocycles. The highest BCUT2D eigenvalue weighted by Crippen LogP contribution is 2.22. The molecule has 0 aromatic rings. The molecule has 1 rings (SSSR count). The maximum atomic E-state index is 9.18. The maximum Gasteiger partial charge on any atom is 0.0494 e. The Labute approximate surface area is 85.7 Å². The van der Waals surface area contributed by atoms with Crippen LogP contribution in [-0.4, -0.2) is 47.3 Å². The fraction of sp³-hybridized carbons (Fsp3) is 1.00. The molecule has 0 aromatic heterocycles. The second kappa shape index (κ2) is 4.67. The zero-order chi connectivity index (χ0) is 9.90. The highest BCUT2D eigenvalue weighted by molar-refractivity contribution is 7.99. The number of aliphatic hydroxyl groups is 1. The average molecular weight is 203 g/mol. The first kappa shape index (κ1) is 11.3. The van der Waals surface area contributed by atoms with E-state index >= 15 is 0 Å². The highest BCUT2D eigenvalue weighted by Gasteiger charge is 2.25. The zero-order valence-corrected chi connectivity index (χ0v) is 9.73. The van der Waals surface area contributed by atoms with Crippen molar-refractivity contribution in [1.29, 1.82) is 0 Å². The molecule has 1 fully saturated rings. The van der Waals surface area contributed by atoms with Crippen LogP contribution in [0.25, 0.3) is 0 Å². The number of hydrogen-bond acceptors (Lipinski definition) is 3. The lowest BCUT2D eigenvalue weighted by atomic mass is 9.93. The van der Waals surface area contributed by atoms with Gasteiger partial charge in [0.2, 0.25) is 0 Å². The molecule has 1 N–H and O–H groups in total. The Morgan fingerprint density at radius 2 is 2.23 bits per heavy atom. The number of rotatable bonds is 3. The standard InChI is InChI=1S/C10H21NOS/c1-9-6-13-5-4-11(9)7-10(2,3)8-12/h9,12H,4-8H2,1-3H3. The second-order valence-corrected chi connectivity index (χ2v) is 5.87. The zero-order valence-electron chi connectivity index (χ0n) is 8.92. The molecule has 0 spiro atoms. The fourth-order valence-electron chi connectivity index (χ4n) is 1.60. The lowest BCUT2D eigenvalue weighted by Gasteiger charge is -2.38. The summed E-state index contributed by atoms with van der Waals surface area (Å²) in [5.41, 5.74) is 0.0519. The molecule has 13 heavy (non-hydrogen) atoms. The Morgan fingerprint density at radius 1 is 1.54 bits per heavy atom. The van der Waals surface area contributed by atoms with Crippen molar-refractivity contribution in [3.05, 3.63) is 0 Å². The first-order valence-corrected chi connectivity index (χ1v) is 6.13. The van der Waals surface area contributed by atoms with Gasteiger partial charge >= 0.3 is 0 Å². The van der Waals surface area contributed by atoms with E-state index in [1.165, 1.54) is 18.1 Å². The van der Waals surface area contributed by atoms with Crippen LogP contribution < -0.4 is 0 Å². The van der Waals surface area contributed by atoms with Crippen LogP contribution in [0.5, 0.6) is 0 Å². The maximum absolute atomic E-state index is 9.18. The van der Waals surface area contributed by atoms with Crippen molar-refractivity contribution in [2.45, 2.75) is 26.8 Å². The van der Waals surface area contributed by atoms with E-state index in [2.05, 4.69) is 25.7 Å². The minimum Gasteiger partial charge on any atom is -0.396 e. The Bertz CT molecular complexity index is 161. The van der Waals surface area contributed by atoms with E-state index < -0.39 is 0 Å². The van der Waals surface area contributed by atoms with Crippen molar-refractivity contribution in [2.24, 2.45) is 5.41 Å². The van der Waals surface area contributed by atoms with E-state index in [4.69, 9.17) is 0 Å². The van der Waals surface area contributed by atoms with Crippen molar-refractivity contribution in [3.63, 3.8) is 0 Å². The van der Waals surface area contributed by atoms with Gasteiger partial charge in [-0.25, -0.2) is 0 Å². The lowest BCUT2D eigenvalue weighted by Crippen LogP contribution is -2.46. The Morgan fingerprint density at radius 3 is 2.77 bits per heavy atom. The van der Waals surface area contributed by atoms with Crippen molar-refractivity contribution < 1.29 is 5.11 Å². The number of hydrogen-bond donors (Lipinski definition) is 1. The predicted molar refractivity (Wildman–Crippen MR) is 59.2 cm³/mol. The first-order valence-electron chi connectivity index (χ1n) is 4.98. The molecule has 2 nitrogen and oxygen atoms in total. The van der Waals surface area contributed by atoms with Crippen LogP contribution in [0.4, 0.5) is 0 Å². The molecule has 0 bridgehead atoms. The van der Waals surface area contributed by atoms with Gasteiger partial charge in [0.1, 0.15) is 0 Å². The van der Waals surface area contributed by atoms with Crippen LogP contribution in [0.3, 0.4) is 0 Å². The minimum absolute atomic E-state index is 0.0519. The third kappa shape index (κ3) is 3.49. The van der Waals surface area contributed by atoms with Gasteiger partial charge < -0.3 is 5.11 Å². The summed E-state index contributed by atoms with van der Waals surface area (Å²) in [6.07, 6.45) is 0. The van der Waals surface area contributed by atoms with Crippen molar-refractivity contribution in [3.8, 4) is 0 Å². The second-order valence-electron chi connectivity index (χ2n) is 4.72. The van der Waals surface area contributed by atoms with Gasteiger partial charge in [-0.1, -0.05) is 13.8 Å². The van der Waals surface area contributed by atoms with Gasteiger partial charge in [-0.05, 0) is 6.92 Å². The van der Waals surface area contributed by atoms with Gasteiger partial charge in [0, 0.05) is 42.7 Å². The van der Waals surface area contributed by atoms with Gasteiger partial charge in [-0.3, -0.25) is 4.90 Å². The third-order valence-electron chi connectivity index (χ3n) is 2.56. The summed E-state index contributed by atoms with van der Waals surface area (Å²) in [6, 6.07) is 0.671. The van der Waals surface area contributed by atoms with E-state index in [1.807, 2.05) is 11.8 Å². The summed E-state index contributed by atoms with van der Waals surface area (Å²) in [6.45, 7) is 9.01. The van der Waals surface area contributed by atoms with Crippen molar-refractivity contribution in [2.75, 3.05) is 31.2 Å². The fourth-order valence-corrected chi connectivity index (χ4v) is 2.68. The smallest absolute Gasteiger partial charge is 0.0494 e. The van der Waals surface area contributed by atoms with Crippen LogP contribution in [0.15, 0.2) is 0 Å². The monoisotopic (exact) mass is 203 g/mol. The number of nitrogens with zero attached hydrogens (tertiary/aromatic N) is 1. The highest BCUT2D eigenvalue weighted by atomic mass is 32.2. The van der Waals surface area contributed by atoms with Gasteiger partial charge in [-0.15, -0.1) is 0 Å². The lowest BCUT2D eigenvalue weighted by molar-refractivity contribution is 0.0899. The molecular formula is C10H21NOS. The largest absolute Gasteiger partial charge is 0.396 e. The summed E-state index contributed by atoms with van der Waals surface area (Å²) in [7, 11) is 0. The van der Waals surface area contributed by atoms with E-state index in [-0.39, 0.29) is 12.0 Å². The first-order chi connectivity index (χ1) is 6.05. The third-order valence-corrected chi connectivity index (χ3v) is 3.75. The summed E-state index contributed by atoms with van der Waals surface area (Å²) < 4.78 is 0. The molecule has 1 aliphatic heterocycles. The summed E-state index contributed by atoms with van der Waals surface area (Å²) in [5.74, 6) is 2.48. The molecule has 0 radical (unpaired) electrons. The van der Waals surface area contributed by atoms with E-state index in [9.17, 15) is 5.11 Å². The summed E-state index contributed by atoms with van der Waals surface area (Å²) >= 11 is 2.04. The van der Waals surface area contributed by atoms with Gasteiger partial charge in [0.15, 0.2) is 0 Å². The SMILES string of the molecule is CC1CSCCN1CC(C)(C)CO. The molecule has 0 saturated carbocycles. The van der Waals surface area contributed by atoms with Gasteiger partial charge in [0.05, 0.1) is 0 Å². The normalized spacial score (nSPS) is 26.3. The molecule has 1 saturated heterocycles. The van der Waals surface area contributed by atoms with Crippen LogP contribution >= 0.6 is 11.8 Å². The Hall–Kier alpha value is 0.270. The molecule has 0 aromatic carbocycles. The van der Waals surface area contributed by atoms with Crippen LogP contribution in [0.2, 0.25) is 0 Å². The molecule has 1 atom stereocenters. The van der Waals surface area contributed by atoms with Gasteiger partial charge in [-0.2, -0.15) is 11.8 Å². The average Bonchev–Trinajstić information content (AvgIpc) is 2.09. The number of aliphatic hydroxyl groups excluding tert-OH is 1. The molecular weight excluding hydrogens is 182 g/mol. The van der Waals surface area contributed by atoms with Crippen molar-refractivity contribution >= 4 is 11.8 Å². The molecule has 1 aliphatic rings. The molecule has 0 amide bonds. The number of thioether (sulfide) groups is 1. The molecule has 1 heterocycles.